The van der Waals surface area contributed by atoms with Crippen LogP contribution in [0.2, 0.25) is 0 Å². The Hall–Kier alpha value is -0.280. The minimum absolute atomic E-state index is 0.432. The standard InChI is InChI=1S/C10H15NS2/c1-8(13-12)9-6-4-5-7-10(9)11(2)3/h4-8,12H,1-3H3. The summed E-state index contributed by atoms with van der Waals surface area (Å²) in [6.45, 7) is 2.17. The van der Waals surface area contributed by atoms with E-state index in [2.05, 4.69) is 61.8 Å². The van der Waals surface area contributed by atoms with Gasteiger partial charge in [0.05, 0.1) is 0 Å². The lowest BCUT2D eigenvalue weighted by atomic mass is 10.1. The van der Waals surface area contributed by atoms with Gasteiger partial charge in [0.1, 0.15) is 0 Å². The first-order chi connectivity index (χ1) is 6.16. The molecule has 72 valence electrons. The molecule has 0 bridgehead atoms. The summed E-state index contributed by atoms with van der Waals surface area (Å²) in [7, 11) is 5.71. The Morgan fingerprint density at radius 1 is 1.31 bits per heavy atom. The molecule has 0 spiro atoms. The molecule has 1 atom stereocenters. The highest BCUT2D eigenvalue weighted by molar-refractivity contribution is 8.68. The summed E-state index contributed by atoms with van der Waals surface area (Å²) in [5, 5.41) is 0.432. The van der Waals surface area contributed by atoms with Crippen LogP contribution in [0.1, 0.15) is 17.7 Å². The Morgan fingerprint density at radius 3 is 2.46 bits per heavy atom. The van der Waals surface area contributed by atoms with Gasteiger partial charge in [-0.3, -0.25) is 0 Å². The van der Waals surface area contributed by atoms with E-state index in [1.54, 1.807) is 10.8 Å². The van der Waals surface area contributed by atoms with Crippen molar-refractivity contribution in [2.75, 3.05) is 19.0 Å². The van der Waals surface area contributed by atoms with Crippen molar-refractivity contribution < 1.29 is 0 Å². The maximum absolute atomic E-state index is 4.24. The van der Waals surface area contributed by atoms with Crippen molar-refractivity contribution in [2.24, 2.45) is 0 Å². The number of thiol groups is 1. The molecule has 1 unspecified atom stereocenters. The summed E-state index contributed by atoms with van der Waals surface area (Å²) < 4.78 is 0. The van der Waals surface area contributed by atoms with Crippen molar-refractivity contribution >= 4 is 28.1 Å². The highest BCUT2D eigenvalue weighted by atomic mass is 33.1. The highest BCUT2D eigenvalue weighted by Crippen LogP contribution is 2.35. The third-order valence-electron chi connectivity index (χ3n) is 2.01. The molecule has 13 heavy (non-hydrogen) atoms. The Balaban J connectivity index is 3.04. The monoisotopic (exact) mass is 213 g/mol. The Labute approximate surface area is 89.3 Å². The second-order valence-electron chi connectivity index (χ2n) is 3.20. The largest absolute Gasteiger partial charge is 0.377 e. The summed E-state index contributed by atoms with van der Waals surface area (Å²) in [4.78, 5) is 2.13. The predicted molar refractivity (Wildman–Crippen MR) is 65.8 cm³/mol. The number of anilines is 1. The van der Waals surface area contributed by atoms with E-state index in [4.69, 9.17) is 0 Å². The zero-order chi connectivity index (χ0) is 9.84. The summed E-state index contributed by atoms with van der Waals surface area (Å²) in [5.41, 5.74) is 2.61. The quantitative estimate of drug-likeness (QED) is 0.605. The SMILES string of the molecule is CC(SS)c1ccccc1N(C)C. The number of benzene rings is 1. The van der Waals surface area contributed by atoms with E-state index >= 15 is 0 Å². The van der Waals surface area contributed by atoms with Crippen LogP contribution in [0.5, 0.6) is 0 Å². The van der Waals surface area contributed by atoms with Crippen LogP contribution in [0.3, 0.4) is 0 Å². The van der Waals surface area contributed by atoms with Crippen LogP contribution in [0.15, 0.2) is 24.3 Å². The normalized spacial score (nSPS) is 12.6. The highest BCUT2D eigenvalue weighted by Gasteiger charge is 2.09. The Kier molecular flexibility index (Phi) is 4.00. The maximum Gasteiger partial charge on any atom is 0.0405 e. The van der Waals surface area contributed by atoms with Gasteiger partial charge in [-0.05, 0) is 18.6 Å². The van der Waals surface area contributed by atoms with E-state index < -0.39 is 0 Å². The molecular weight excluding hydrogens is 198 g/mol. The molecule has 1 aromatic carbocycles. The third kappa shape index (κ3) is 2.58. The maximum atomic E-state index is 4.24. The molecule has 0 aliphatic heterocycles. The molecule has 0 radical (unpaired) electrons. The van der Waals surface area contributed by atoms with Gasteiger partial charge in [-0.25, -0.2) is 0 Å². The average Bonchev–Trinajstić information content (AvgIpc) is 2.16. The van der Waals surface area contributed by atoms with Crippen LogP contribution in [0, 0.1) is 0 Å². The van der Waals surface area contributed by atoms with Crippen molar-refractivity contribution in [3.8, 4) is 0 Å². The van der Waals surface area contributed by atoms with E-state index in [1.807, 2.05) is 0 Å². The molecule has 0 saturated carbocycles. The Morgan fingerprint density at radius 2 is 1.92 bits per heavy atom. The lowest BCUT2D eigenvalue weighted by Gasteiger charge is -2.19. The summed E-state index contributed by atoms with van der Waals surface area (Å²) in [6, 6.07) is 8.43. The minimum Gasteiger partial charge on any atom is -0.377 e. The molecule has 0 N–H and O–H groups in total. The van der Waals surface area contributed by atoms with Crippen molar-refractivity contribution in [3.63, 3.8) is 0 Å². The van der Waals surface area contributed by atoms with Crippen LogP contribution in [0.4, 0.5) is 5.69 Å². The van der Waals surface area contributed by atoms with Crippen LogP contribution in [-0.2, 0) is 0 Å². The Bertz CT molecular complexity index is 273. The zero-order valence-corrected chi connectivity index (χ0v) is 9.90. The summed E-state index contributed by atoms with van der Waals surface area (Å²) >= 11 is 4.24. The third-order valence-corrected chi connectivity index (χ3v) is 3.53. The first-order valence-electron chi connectivity index (χ1n) is 4.23. The van der Waals surface area contributed by atoms with Crippen LogP contribution in [0.25, 0.3) is 0 Å². The molecule has 0 aliphatic rings. The van der Waals surface area contributed by atoms with Gasteiger partial charge in [0.25, 0.3) is 0 Å². The van der Waals surface area contributed by atoms with Crippen molar-refractivity contribution in [1.29, 1.82) is 0 Å². The van der Waals surface area contributed by atoms with Gasteiger partial charge >= 0.3 is 0 Å². The molecule has 3 heteroatoms. The second-order valence-corrected chi connectivity index (χ2v) is 4.75. The molecule has 1 nitrogen and oxygen atoms in total. The number of rotatable bonds is 3. The van der Waals surface area contributed by atoms with Crippen LogP contribution >= 0.6 is 22.5 Å². The lowest BCUT2D eigenvalue weighted by molar-refractivity contribution is 1.05. The molecule has 0 fully saturated rings. The molecule has 0 amide bonds. The molecule has 0 saturated heterocycles. The molecule has 1 rings (SSSR count). The van der Waals surface area contributed by atoms with Crippen LogP contribution < -0.4 is 4.90 Å². The number of hydrogen-bond donors (Lipinski definition) is 1. The van der Waals surface area contributed by atoms with Gasteiger partial charge in [-0.1, -0.05) is 29.0 Å². The first-order valence-corrected chi connectivity index (χ1v) is 6.16. The van der Waals surface area contributed by atoms with Crippen molar-refractivity contribution in [2.45, 2.75) is 12.2 Å². The minimum atomic E-state index is 0.432. The van der Waals surface area contributed by atoms with E-state index in [0.29, 0.717) is 5.25 Å². The van der Waals surface area contributed by atoms with Gasteiger partial charge in [0.2, 0.25) is 0 Å². The fourth-order valence-corrected chi connectivity index (χ4v) is 1.95. The van der Waals surface area contributed by atoms with E-state index in [1.165, 1.54) is 11.3 Å². The zero-order valence-electron chi connectivity index (χ0n) is 8.19. The topological polar surface area (TPSA) is 3.24 Å². The number of nitrogens with zero attached hydrogens (tertiary/aromatic N) is 1. The fourth-order valence-electron chi connectivity index (χ4n) is 1.30. The first kappa shape index (κ1) is 10.8. The van der Waals surface area contributed by atoms with Gasteiger partial charge in [-0.15, -0.1) is 11.7 Å². The predicted octanol–water partition coefficient (Wildman–Crippen LogP) is 3.39. The van der Waals surface area contributed by atoms with Gasteiger partial charge in [0, 0.05) is 25.0 Å². The lowest BCUT2D eigenvalue weighted by Crippen LogP contribution is -2.11. The molecule has 0 aliphatic carbocycles. The number of hydrogen-bond acceptors (Lipinski definition) is 3. The molecule has 0 heterocycles. The molecule has 0 aromatic heterocycles. The van der Waals surface area contributed by atoms with Gasteiger partial charge < -0.3 is 4.90 Å². The summed E-state index contributed by atoms with van der Waals surface area (Å²) in [5.74, 6) is 0. The van der Waals surface area contributed by atoms with E-state index in [9.17, 15) is 0 Å². The van der Waals surface area contributed by atoms with Crippen molar-refractivity contribution in [1.82, 2.24) is 0 Å². The smallest absolute Gasteiger partial charge is 0.0405 e. The fraction of sp³-hybridized carbons (Fsp3) is 0.400. The molecular formula is C10H15NS2. The van der Waals surface area contributed by atoms with E-state index in [-0.39, 0.29) is 0 Å². The van der Waals surface area contributed by atoms with Gasteiger partial charge in [0.15, 0.2) is 0 Å². The molecule has 1 aromatic rings. The average molecular weight is 213 g/mol. The van der Waals surface area contributed by atoms with Crippen LogP contribution in [-0.4, -0.2) is 14.1 Å². The van der Waals surface area contributed by atoms with E-state index in [0.717, 1.165) is 0 Å². The number of para-hydroxylation sites is 1. The second kappa shape index (κ2) is 4.82. The van der Waals surface area contributed by atoms with Crippen molar-refractivity contribution in [3.05, 3.63) is 29.8 Å². The summed E-state index contributed by atoms with van der Waals surface area (Å²) in [6.07, 6.45) is 0. The van der Waals surface area contributed by atoms with Gasteiger partial charge in [-0.2, -0.15) is 0 Å².